The van der Waals surface area contributed by atoms with Crippen LogP contribution in [0.25, 0.3) is 0 Å². The zero-order valence-corrected chi connectivity index (χ0v) is 19.2. The number of nitriles is 1. The molecule has 33 heavy (non-hydrogen) atoms. The molecule has 2 amide bonds. The van der Waals surface area contributed by atoms with Crippen LogP contribution in [0.3, 0.4) is 0 Å². The highest BCUT2D eigenvalue weighted by molar-refractivity contribution is 6.30. The van der Waals surface area contributed by atoms with Crippen LogP contribution >= 0.6 is 24.0 Å². The number of carbonyl (C=O) groups is 2. The molecule has 0 aliphatic carbocycles. The minimum Gasteiger partial charge on any atom is -0.326 e. The summed E-state index contributed by atoms with van der Waals surface area (Å²) in [6.45, 7) is 0.845. The maximum Gasteiger partial charge on any atom is 0.272 e. The van der Waals surface area contributed by atoms with Gasteiger partial charge in [-0.3, -0.25) is 9.59 Å². The number of fused-ring (bicyclic) bond motifs is 1. The minimum atomic E-state index is -0.191. The number of aryl methyl sites for hydroxylation is 1. The molecular formula is C24H21Cl2N5O2. The fourth-order valence-electron chi connectivity index (χ4n) is 4.51. The molecular weight excluding hydrogens is 461 g/mol. The molecule has 0 N–H and O–H groups in total. The van der Waals surface area contributed by atoms with Crippen molar-refractivity contribution in [3.8, 4) is 6.07 Å². The summed E-state index contributed by atoms with van der Waals surface area (Å²) in [6, 6.07) is 16.7. The first kappa shape index (κ1) is 22.8. The van der Waals surface area contributed by atoms with Crippen LogP contribution in [0.2, 0.25) is 5.02 Å². The molecule has 1 fully saturated rings. The van der Waals surface area contributed by atoms with Crippen LogP contribution in [0.1, 0.15) is 39.9 Å². The van der Waals surface area contributed by atoms with Gasteiger partial charge in [-0.05, 0) is 42.3 Å². The van der Waals surface area contributed by atoms with Gasteiger partial charge in [-0.1, -0.05) is 29.8 Å². The van der Waals surface area contributed by atoms with Crippen molar-refractivity contribution >= 4 is 41.5 Å². The second-order valence-corrected chi connectivity index (χ2v) is 8.41. The van der Waals surface area contributed by atoms with Crippen molar-refractivity contribution in [1.82, 2.24) is 14.5 Å². The third-order valence-corrected chi connectivity index (χ3v) is 6.33. The van der Waals surface area contributed by atoms with Crippen LogP contribution < -0.4 is 4.90 Å². The molecule has 1 saturated heterocycles. The van der Waals surface area contributed by atoms with Crippen LogP contribution in [-0.2, 0) is 11.2 Å². The third-order valence-electron chi connectivity index (χ3n) is 6.10. The first-order valence-corrected chi connectivity index (χ1v) is 10.8. The number of imidazole rings is 1. The number of rotatable bonds is 3. The maximum absolute atomic E-state index is 13.4. The predicted molar refractivity (Wildman–Crippen MR) is 127 cm³/mol. The fourth-order valence-corrected chi connectivity index (χ4v) is 4.69. The Labute approximate surface area is 202 Å². The Kier molecular flexibility index (Phi) is 6.41. The number of amides is 2. The molecule has 2 aromatic carbocycles. The molecule has 0 spiro atoms. The summed E-state index contributed by atoms with van der Waals surface area (Å²) in [4.78, 5) is 33.9. The molecule has 0 radical (unpaired) electrons. The Balaban J connectivity index is 0.00000259. The van der Waals surface area contributed by atoms with E-state index < -0.39 is 0 Å². The molecule has 1 atom stereocenters. The number of halogens is 2. The largest absolute Gasteiger partial charge is 0.326 e. The molecule has 168 valence electrons. The summed E-state index contributed by atoms with van der Waals surface area (Å²) in [5, 5.41) is 9.62. The second kappa shape index (κ2) is 9.26. The van der Waals surface area contributed by atoms with E-state index in [0.29, 0.717) is 29.4 Å². The third kappa shape index (κ3) is 4.20. The van der Waals surface area contributed by atoms with Gasteiger partial charge >= 0.3 is 0 Å². The van der Waals surface area contributed by atoms with E-state index in [9.17, 15) is 9.59 Å². The summed E-state index contributed by atoms with van der Waals surface area (Å²) < 4.78 is 1.98. The average Bonchev–Trinajstić information content (AvgIpc) is 3.41. The standard InChI is InChI=1S/C24H20ClN5O2.ClH/c25-18-2-1-3-19(12-18)29-11-10-28(15-23(29)31)24(32)21-14-27-22-9-8-20(30(21)22)17-6-4-16(13-26)5-7-17;/h1-7,12,14,20H,8-11,15H2;1H. The Morgan fingerprint density at radius 2 is 1.94 bits per heavy atom. The van der Waals surface area contributed by atoms with Crippen molar-refractivity contribution in [2.75, 3.05) is 24.5 Å². The molecule has 2 aliphatic rings. The topological polar surface area (TPSA) is 82.2 Å². The number of piperazine rings is 1. The summed E-state index contributed by atoms with van der Waals surface area (Å²) in [6.07, 6.45) is 3.23. The maximum atomic E-state index is 13.4. The Bertz CT molecular complexity index is 1250. The van der Waals surface area contributed by atoms with E-state index in [-0.39, 0.29) is 36.8 Å². The van der Waals surface area contributed by atoms with Gasteiger partial charge in [0.25, 0.3) is 5.91 Å². The molecule has 3 aromatic rings. The normalized spacial score (nSPS) is 17.3. The number of nitrogens with zero attached hydrogens (tertiary/aromatic N) is 5. The lowest BCUT2D eigenvalue weighted by molar-refractivity contribution is -0.120. The fraction of sp³-hybridized carbons (Fsp3) is 0.250. The molecule has 1 unspecified atom stereocenters. The van der Waals surface area contributed by atoms with Crippen LogP contribution in [-0.4, -0.2) is 45.9 Å². The second-order valence-electron chi connectivity index (χ2n) is 7.97. The van der Waals surface area contributed by atoms with Gasteiger partial charge in [0, 0.05) is 30.2 Å². The van der Waals surface area contributed by atoms with E-state index in [1.807, 2.05) is 22.8 Å². The van der Waals surface area contributed by atoms with Crippen molar-refractivity contribution < 1.29 is 9.59 Å². The molecule has 0 saturated carbocycles. The molecule has 0 bridgehead atoms. The van der Waals surface area contributed by atoms with Gasteiger partial charge in [0.1, 0.15) is 18.1 Å². The Morgan fingerprint density at radius 3 is 2.64 bits per heavy atom. The van der Waals surface area contributed by atoms with E-state index in [0.717, 1.165) is 29.9 Å². The number of anilines is 1. The van der Waals surface area contributed by atoms with Gasteiger partial charge in [-0.2, -0.15) is 5.26 Å². The quantitative estimate of drug-likeness (QED) is 0.568. The van der Waals surface area contributed by atoms with Gasteiger partial charge in [-0.25, -0.2) is 4.98 Å². The summed E-state index contributed by atoms with van der Waals surface area (Å²) in [5.74, 6) is 0.534. The van der Waals surface area contributed by atoms with Gasteiger partial charge in [0.2, 0.25) is 5.91 Å². The monoisotopic (exact) mass is 481 g/mol. The van der Waals surface area contributed by atoms with Gasteiger partial charge in [0.05, 0.1) is 23.9 Å². The Hall–Kier alpha value is -3.34. The first-order chi connectivity index (χ1) is 15.5. The van der Waals surface area contributed by atoms with Crippen molar-refractivity contribution in [3.63, 3.8) is 0 Å². The average molecular weight is 482 g/mol. The van der Waals surface area contributed by atoms with Crippen LogP contribution in [0.4, 0.5) is 5.69 Å². The van der Waals surface area contributed by atoms with Crippen molar-refractivity contribution in [1.29, 1.82) is 5.26 Å². The summed E-state index contributed by atoms with van der Waals surface area (Å²) in [5.41, 5.74) is 2.87. The number of aromatic nitrogens is 2. The van der Waals surface area contributed by atoms with E-state index >= 15 is 0 Å². The number of benzene rings is 2. The van der Waals surface area contributed by atoms with E-state index in [4.69, 9.17) is 16.9 Å². The highest BCUT2D eigenvalue weighted by Gasteiger charge is 2.34. The highest BCUT2D eigenvalue weighted by Crippen LogP contribution is 2.33. The van der Waals surface area contributed by atoms with E-state index in [2.05, 4.69) is 11.1 Å². The lowest BCUT2D eigenvalue weighted by atomic mass is 10.0. The minimum absolute atomic E-state index is 0. The first-order valence-electron chi connectivity index (χ1n) is 10.5. The van der Waals surface area contributed by atoms with Crippen LogP contribution in [0.15, 0.2) is 54.7 Å². The van der Waals surface area contributed by atoms with E-state index in [1.165, 1.54) is 0 Å². The zero-order chi connectivity index (χ0) is 22.2. The molecule has 2 aliphatic heterocycles. The lowest BCUT2D eigenvalue weighted by Crippen LogP contribution is -2.52. The van der Waals surface area contributed by atoms with Gasteiger partial charge < -0.3 is 14.4 Å². The smallest absolute Gasteiger partial charge is 0.272 e. The van der Waals surface area contributed by atoms with Crippen molar-refractivity contribution in [2.45, 2.75) is 18.9 Å². The summed E-state index contributed by atoms with van der Waals surface area (Å²) >= 11 is 6.07. The number of carbonyl (C=O) groups excluding carboxylic acids is 2. The van der Waals surface area contributed by atoms with Gasteiger partial charge in [-0.15, -0.1) is 12.4 Å². The number of hydrogen-bond acceptors (Lipinski definition) is 4. The number of hydrogen-bond donors (Lipinski definition) is 0. The van der Waals surface area contributed by atoms with Crippen molar-refractivity contribution in [3.05, 3.63) is 82.4 Å². The molecule has 1 aromatic heterocycles. The highest BCUT2D eigenvalue weighted by atomic mass is 35.5. The van der Waals surface area contributed by atoms with Crippen molar-refractivity contribution in [2.24, 2.45) is 0 Å². The molecule has 3 heterocycles. The van der Waals surface area contributed by atoms with Gasteiger partial charge in [0.15, 0.2) is 0 Å². The molecule has 5 rings (SSSR count). The molecule has 9 heteroatoms. The van der Waals surface area contributed by atoms with E-state index in [1.54, 1.807) is 46.3 Å². The predicted octanol–water partition coefficient (Wildman–Crippen LogP) is 3.85. The SMILES string of the molecule is Cl.N#Cc1ccc(C2CCc3ncc(C(=O)N4CCN(c5cccc(Cl)c5)C(=O)C4)n32)cc1. The lowest BCUT2D eigenvalue weighted by Gasteiger charge is -2.34. The summed E-state index contributed by atoms with van der Waals surface area (Å²) in [7, 11) is 0. The molecule has 7 nitrogen and oxygen atoms in total. The van der Waals surface area contributed by atoms with Crippen LogP contribution in [0.5, 0.6) is 0 Å². The Morgan fingerprint density at radius 1 is 1.15 bits per heavy atom. The van der Waals surface area contributed by atoms with Crippen LogP contribution in [0, 0.1) is 11.3 Å². The zero-order valence-electron chi connectivity index (χ0n) is 17.6.